The summed E-state index contributed by atoms with van der Waals surface area (Å²) in [6.07, 6.45) is 0.816. The van der Waals surface area contributed by atoms with E-state index in [4.69, 9.17) is 9.47 Å². The molecule has 1 aromatic carbocycles. The van der Waals surface area contributed by atoms with Gasteiger partial charge in [-0.25, -0.2) is 0 Å². The number of nitrogens with one attached hydrogen (secondary N) is 1. The molecule has 0 amide bonds. The Morgan fingerprint density at radius 1 is 1.37 bits per heavy atom. The number of hydrogen-bond donors (Lipinski definition) is 2. The van der Waals surface area contributed by atoms with E-state index < -0.39 is 11.9 Å². The van der Waals surface area contributed by atoms with Gasteiger partial charge >= 0.3 is 5.97 Å². The van der Waals surface area contributed by atoms with Gasteiger partial charge < -0.3 is 19.9 Å². The van der Waals surface area contributed by atoms with Crippen LogP contribution in [0.15, 0.2) is 18.2 Å². The number of benzene rings is 1. The lowest BCUT2D eigenvalue weighted by molar-refractivity contribution is -0.143. The maximum absolute atomic E-state index is 11.4. The summed E-state index contributed by atoms with van der Waals surface area (Å²) in [6, 6.07) is 6.06. The Labute approximate surface area is 111 Å². The molecule has 19 heavy (non-hydrogen) atoms. The van der Waals surface area contributed by atoms with Gasteiger partial charge in [-0.15, -0.1) is 0 Å². The summed E-state index contributed by atoms with van der Waals surface area (Å²) in [5.74, 6) is 0.326. The number of rotatable bonds is 2. The van der Waals surface area contributed by atoms with Crippen molar-refractivity contribution in [2.75, 3.05) is 13.3 Å². The quantitative estimate of drug-likeness (QED) is 0.848. The van der Waals surface area contributed by atoms with Crippen molar-refractivity contribution < 1.29 is 19.4 Å². The van der Waals surface area contributed by atoms with Gasteiger partial charge in [-0.1, -0.05) is 6.07 Å². The zero-order chi connectivity index (χ0) is 13.4. The first-order chi connectivity index (χ1) is 9.15. The second-order valence-corrected chi connectivity index (χ2v) is 5.21. The lowest BCUT2D eigenvalue weighted by atomic mass is 9.79. The Kier molecular flexibility index (Phi) is 3.06. The summed E-state index contributed by atoms with van der Waals surface area (Å²) >= 11 is 0. The molecule has 5 nitrogen and oxygen atoms in total. The van der Waals surface area contributed by atoms with E-state index in [0.29, 0.717) is 18.3 Å². The molecule has 102 valence electrons. The van der Waals surface area contributed by atoms with Gasteiger partial charge in [0.2, 0.25) is 6.79 Å². The van der Waals surface area contributed by atoms with Crippen LogP contribution in [0.1, 0.15) is 24.8 Å². The molecule has 1 aromatic rings. The SMILES string of the molecule is CC1CC(c2ccc3c(c2)OCO3)C(C(=O)O)CN1. The highest BCUT2D eigenvalue weighted by molar-refractivity contribution is 5.72. The fraction of sp³-hybridized carbons (Fsp3) is 0.500. The molecule has 1 fully saturated rings. The zero-order valence-corrected chi connectivity index (χ0v) is 10.8. The molecule has 3 rings (SSSR count). The summed E-state index contributed by atoms with van der Waals surface area (Å²) in [5, 5.41) is 12.6. The Balaban J connectivity index is 1.91. The van der Waals surface area contributed by atoms with E-state index in [9.17, 15) is 9.90 Å². The molecule has 3 unspecified atom stereocenters. The van der Waals surface area contributed by atoms with Crippen LogP contribution in [0.25, 0.3) is 0 Å². The summed E-state index contributed by atoms with van der Waals surface area (Å²) in [5.41, 5.74) is 1.02. The number of fused-ring (bicyclic) bond motifs is 1. The fourth-order valence-corrected chi connectivity index (χ4v) is 2.87. The average molecular weight is 263 g/mol. The van der Waals surface area contributed by atoms with Gasteiger partial charge in [0.05, 0.1) is 5.92 Å². The van der Waals surface area contributed by atoms with Crippen molar-refractivity contribution in [1.29, 1.82) is 0 Å². The number of hydrogen-bond acceptors (Lipinski definition) is 4. The highest BCUT2D eigenvalue weighted by Gasteiger charge is 2.35. The Bertz CT molecular complexity index is 502. The normalized spacial score (nSPS) is 29.2. The van der Waals surface area contributed by atoms with Crippen LogP contribution >= 0.6 is 0 Å². The molecular formula is C14H17NO4. The second-order valence-electron chi connectivity index (χ2n) is 5.21. The highest BCUT2D eigenvalue weighted by Crippen LogP contribution is 2.39. The largest absolute Gasteiger partial charge is 0.481 e. The maximum atomic E-state index is 11.4. The smallest absolute Gasteiger partial charge is 0.308 e. The monoisotopic (exact) mass is 263 g/mol. The lowest BCUT2D eigenvalue weighted by Gasteiger charge is -2.33. The average Bonchev–Trinajstić information content (AvgIpc) is 2.85. The minimum Gasteiger partial charge on any atom is -0.481 e. The third-order valence-electron chi connectivity index (χ3n) is 3.92. The van der Waals surface area contributed by atoms with Crippen LogP contribution < -0.4 is 14.8 Å². The first-order valence-corrected chi connectivity index (χ1v) is 6.51. The van der Waals surface area contributed by atoms with E-state index in [1.54, 1.807) is 0 Å². The molecule has 0 bridgehead atoms. The molecule has 0 radical (unpaired) electrons. The standard InChI is InChI=1S/C14H17NO4/c1-8-4-10(11(6-15-8)14(16)17)9-2-3-12-13(5-9)19-7-18-12/h2-3,5,8,10-11,15H,4,6-7H2,1H3,(H,16,17). The van der Waals surface area contributed by atoms with Crippen LogP contribution in [0.3, 0.4) is 0 Å². The Hall–Kier alpha value is -1.75. The van der Waals surface area contributed by atoms with Gasteiger partial charge in [0, 0.05) is 12.6 Å². The van der Waals surface area contributed by atoms with Gasteiger partial charge in [-0.2, -0.15) is 0 Å². The summed E-state index contributed by atoms with van der Waals surface area (Å²) in [7, 11) is 0. The van der Waals surface area contributed by atoms with E-state index in [-0.39, 0.29) is 12.7 Å². The van der Waals surface area contributed by atoms with Crippen LogP contribution in [-0.2, 0) is 4.79 Å². The predicted octanol–water partition coefficient (Wildman–Crippen LogP) is 1.58. The summed E-state index contributed by atoms with van der Waals surface area (Å²) in [6.45, 7) is 2.83. The third kappa shape index (κ3) is 2.26. The Morgan fingerprint density at radius 2 is 2.16 bits per heavy atom. The minimum atomic E-state index is -0.748. The molecular weight excluding hydrogens is 246 g/mol. The summed E-state index contributed by atoms with van der Waals surface area (Å²) in [4.78, 5) is 11.4. The number of aliphatic carboxylic acids is 1. The van der Waals surface area contributed by atoms with Crippen LogP contribution in [0, 0.1) is 5.92 Å². The molecule has 5 heteroatoms. The van der Waals surface area contributed by atoms with Crippen molar-refractivity contribution in [3.8, 4) is 11.5 Å². The van der Waals surface area contributed by atoms with Gasteiger partial charge in [-0.05, 0) is 37.0 Å². The number of piperidine rings is 1. The minimum absolute atomic E-state index is 0.0169. The van der Waals surface area contributed by atoms with E-state index in [1.807, 2.05) is 18.2 Å². The molecule has 3 atom stereocenters. The van der Waals surface area contributed by atoms with Crippen LogP contribution in [0.5, 0.6) is 11.5 Å². The molecule has 2 N–H and O–H groups in total. The topological polar surface area (TPSA) is 67.8 Å². The van der Waals surface area contributed by atoms with Crippen molar-refractivity contribution >= 4 is 5.97 Å². The van der Waals surface area contributed by atoms with Crippen molar-refractivity contribution in [2.45, 2.75) is 25.3 Å². The lowest BCUT2D eigenvalue weighted by Crippen LogP contribution is -2.44. The van der Waals surface area contributed by atoms with Crippen molar-refractivity contribution in [3.63, 3.8) is 0 Å². The molecule has 1 saturated heterocycles. The predicted molar refractivity (Wildman–Crippen MR) is 68.5 cm³/mol. The fourth-order valence-electron chi connectivity index (χ4n) is 2.87. The molecule has 0 aromatic heterocycles. The highest BCUT2D eigenvalue weighted by atomic mass is 16.7. The van der Waals surface area contributed by atoms with E-state index in [1.165, 1.54) is 0 Å². The van der Waals surface area contributed by atoms with Gasteiger partial charge in [-0.3, -0.25) is 4.79 Å². The van der Waals surface area contributed by atoms with Crippen molar-refractivity contribution in [3.05, 3.63) is 23.8 Å². The molecule has 2 aliphatic rings. The van der Waals surface area contributed by atoms with E-state index >= 15 is 0 Å². The number of ether oxygens (including phenoxy) is 2. The zero-order valence-electron chi connectivity index (χ0n) is 10.8. The van der Waals surface area contributed by atoms with Gasteiger partial charge in [0.25, 0.3) is 0 Å². The van der Waals surface area contributed by atoms with Gasteiger partial charge in [0.1, 0.15) is 0 Å². The number of carbonyl (C=O) groups is 1. The summed E-state index contributed by atoms with van der Waals surface area (Å²) < 4.78 is 10.7. The molecule has 0 spiro atoms. The third-order valence-corrected chi connectivity index (χ3v) is 3.92. The first-order valence-electron chi connectivity index (χ1n) is 6.51. The Morgan fingerprint density at radius 3 is 2.95 bits per heavy atom. The molecule has 2 aliphatic heterocycles. The van der Waals surface area contributed by atoms with E-state index in [0.717, 1.165) is 17.7 Å². The van der Waals surface area contributed by atoms with Gasteiger partial charge in [0.15, 0.2) is 11.5 Å². The molecule has 2 heterocycles. The van der Waals surface area contributed by atoms with Crippen LogP contribution in [-0.4, -0.2) is 30.5 Å². The molecule has 0 aliphatic carbocycles. The maximum Gasteiger partial charge on any atom is 0.308 e. The second kappa shape index (κ2) is 4.74. The number of carboxylic acid groups (broad SMARTS) is 1. The van der Waals surface area contributed by atoms with E-state index in [2.05, 4.69) is 12.2 Å². The number of carboxylic acids is 1. The first kappa shape index (κ1) is 12.3. The van der Waals surface area contributed by atoms with Crippen molar-refractivity contribution in [1.82, 2.24) is 5.32 Å². The molecule has 0 saturated carbocycles. The van der Waals surface area contributed by atoms with Crippen LogP contribution in [0.2, 0.25) is 0 Å². The van der Waals surface area contributed by atoms with Crippen molar-refractivity contribution in [2.24, 2.45) is 5.92 Å². The van der Waals surface area contributed by atoms with Crippen LogP contribution in [0.4, 0.5) is 0 Å².